The first-order valence-corrected chi connectivity index (χ1v) is 5.17. The van der Waals surface area contributed by atoms with Crippen molar-refractivity contribution in [2.45, 2.75) is 25.9 Å². The summed E-state index contributed by atoms with van der Waals surface area (Å²) in [7, 11) is 1.37. The maximum absolute atomic E-state index is 11.3. The van der Waals surface area contributed by atoms with Crippen molar-refractivity contribution in [1.29, 1.82) is 0 Å². The molecule has 0 unspecified atom stereocenters. The number of esters is 1. The largest absolute Gasteiger partial charge is 0.469 e. The van der Waals surface area contributed by atoms with Crippen molar-refractivity contribution in [2.24, 2.45) is 5.92 Å². The number of aliphatic hydroxyl groups is 1. The van der Waals surface area contributed by atoms with Gasteiger partial charge in [0.2, 0.25) is 0 Å². The molecule has 82 valence electrons. The number of ether oxygens (including phenoxy) is 1. The van der Waals surface area contributed by atoms with Gasteiger partial charge in [0.1, 0.15) is 0 Å². The molecule has 1 N–H and O–H groups in total. The molecule has 0 aromatic carbocycles. The molecule has 0 spiro atoms. The molecule has 0 aromatic rings. The van der Waals surface area contributed by atoms with Gasteiger partial charge in [0.25, 0.3) is 0 Å². The van der Waals surface area contributed by atoms with Crippen LogP contribution in [0.4, 0.5) is 0 Å². The highest BCUT2D eigenvalue weighted by molar-refractivity contribution is 5.73. The van der Waals surface area contributed by atoms with E-state index in [0.29, 0.717) is 13.0 Å². The monoisotopic (exact) mass is 201 g/mol. The summed E-state index contributed by atoms with van der Waals surface area (Å²) < 4.78 is 4.66. The number of nitrogens with zero attached hydrogens (tertiary/aromatic N) is 1. The average Bonchev–Trinajstić information content (AvgIpc) is 2.20. The molecule has 0 radical (unpaired) electrons. The van der Waals surface area contributed by atoms with E-state index in [2.05, 4.69) is 16.6 Å². The third-order valence-electron chi connectivity index (χ3n) is 2.70. The highest BCUT2D eigenvalue weighted by Crippen LogP contribution is 2.18. The normalized spacial score (nSPS) is 28.8. The first-order valence-electron chi connectivity index (χ1n) is 5.17. The summed E-state index contributed by atoms with van der Waals surface area (Å²) in [6, 6.07) is 0. The molecule has 14 heavy (non-hydrogen) atoms. The second kappa shape index (κ2) is 5.32. The lowest BCUT2D eigenvalue weighted by molar-refractivity contribution is -0.152. The Morgan fingerprint density at radius 1 is 1.64 bits per heavy atom. The molecule has 1 heterocycles. The number of piperidine rings is 1. The van der Waals surface area contributed by atoms with Gasteiger partial charge in [0, 0.05) is 13.1 Å². The van der Waals surface area contributed by atoms with Crippen LogP contribution in [0.2, 0.25) is 0 Å². The fraction of sp³-hybridized carbons (Fsp3) is 0.900. The van der Waals surface area contributed by atoms with Crippen LogP contribution in [0.1, 0.15) is 19.8 Å². The van der Waals surface area contributed by atoms with E-state index in [4.69, 9.17) is 0 Å². The van der Waals surface area contributed by atoms with Crippen LogP contribution in [-0.4, -0.2) is 48.8 Å². The Morgan fingerprint density at radius 3 is 2.93 bits per heavy atom. The quantitative estimate of drug-likeness (QED) is 0.665. The summed E-state index contributed by atoms with van der Waals surface area (Å²) in [5.74, 6) is -0.654. The molecule has 4 heteroatoms. The van der Waals surface area contributed by atoms with Crippen molar-refractivity contribution in [3.05, 3.63) is 0 Å². The number of rotatable bonds is 3. The first kappa shape index (κ1) is 11.5. The molecule has 1 fully saturated rings. The number of hydrogen-bond acceptors (Lipinski definition) is 4. The number of methoxy groups -OCH3 is 1. The van der Waals surface area contributed by atoms with E-state index in [1.165, 1.54) is 7.11 Å². The lowest BCUT2D eigenvalue weighted by Crippen LogP contribution is -2.47. The second-order valence-electron chi connectivity index (χ2n) is 3.79. The average molecular weight is 201 g/mol. The van der Waals surface area contributed by atoms with Crippen LogP contribution in [0.5, 0.6) is 0 Å². The first-order chi connectivity index (χ1) is 6.69. The van der Waals surface area contributed by atoms with Crippen LogP contribution in [0, 0.1) is 5.92 Å². The summed E-state index contributed by atoms with van der Waals surface area (Å²) in [5.41, 5.74) is 0. The zero-order valence-corrected chi connectivity index (χ0v) is 8.90. The van der Waals surface area contributed by atoms with Crippen molar-refractivity contribution >= 4 is 5.97 Å². The lowest BCUT2D eigenvalue weighted by Gasteiger charge is -2.34. The summed E-state index contributed by atoms with van der Waals surface area (Å²) in [6.45, 7) is 4.60. The Hall–Kier alpha value is -0.610. The number of likely N-dealkylation sites (tertiary alicyclic amines) is 1. The fourth-order valence-electron chi connectivity index (χ4n) is 1.91. The van der Waals surface area contributed by atoms with Crippen LogP contribution in [0.25, 0.3) is 0 Å². The Morgan fingerprint density at radius 2 is 2.36 bits per heavy atom. The Balaban J connectivity index is 2.50. The van der Waals surface area contributed by atoms with E-state index in [1.54, 1.807) is 0 Å². The molecular formula is C10H19NO3. The minimum Gasteiger partial charge on any atom is -0.469 e. The van der Waals surface area contributed by atoms with Gasteiger partial charge in [-0.15, -0.1) is 0 Å². The van der Waals surface area contributed by atoms with E-state index >= 15 is 0 Å². The van der Waals surface area contributed by atoms with Gasteiger partial charge < -0.3 is 14.7 Å². The number of hydrogen-bond donors (Lipinski definition) is 1. The molecule has 1 rings (SSSR count). The summed E-state index contributed by atoms with van der Waals surface area (Å²) in [5, 5.41) is 9.63. The van der Waals surface area contributed by atoms with E-state index < -0.39 is 6.10 Å². The number of carbonyl (C=O) groups is 1. The molecule has 1 aliphatic rings. The van der Waals surface area contributed by atoms with Gasteiger partial charge in [-0.05, 0) is 19.4 Å². The van der Waals surface area contributed by atoms with Gasteiger partial charge in [-0.25, -0.2) is 0 Å². The zero-order valence-electron chi connectivity index (χ0n) is 8.90. The highest BCUT2D eigenvalue weighted by atomic mass is 16.5. The third kappa shape index (κ3) is 2.69. The molecule has 0 amide bonds. The van der Waals surface area contributed by atoms with Crippen LogP contribution < -0.4 is 0 Å². The molecular weight excluding hydrogens is 182 g/mol. The predicted octanol–water partition coefficient (Wildman–Crippen LogP) is 0.252. The minimum atomic E-state index is -0.532. The van der Waals surface area contributed by atoms with Crippen molar-refractivity contribution in [3.63, 3.8) is 0 Å². The molecule has 1 aliphatic heterocycles. The second-order valence-corrected chi connectivity index (χ2v) is 3.79. The third-order valence-corrected chi connectivity index (χ3v) is 2.70. The van der Waals surface area contributed by atoms with Gasteiger partial charge in [0.05, 0.1) is 19.1 Å². The number of aliphatic hydroxyl groups excluding tert-OH is 1. The summed E-state index contributed by atoms with van der Waals surface area (Å²) in [4.78, 5) is 13.5. The molecule has 4 nitrogen and oxygen atoms in total. The Labute approximate surface area is 84.8 Å². The fourth-order valence-corrected chi connectivity index (χ4v) is 1.91. The van der Waals surface area contributed by atoms with Gasteiger partial charge in [-0.1, -0.05) is 6.92 Å². The maximum atomic E-state index is 11.3. The van der Waals surface area contributed by atoms with Crippen LogP contribution in [-0.2, 0) is 9.53 Å². The molecule has 2 atom stereocenters. The van der Waals surface area contributed by atoms with Gasteiger partial charge in [-0.2, -0.15) is 0 Å². The van der Waals surface area contributed by atoms with Gasteiger partial charge >= 0.3 is 5.97 Å². The molecule has 0 aromatic heterocycles. The Bertz CT molecular complexity index is 196. The van der Waals surface area contributed by atoms with E-state index in [9.17, 15) is 9.90 Å². The standard InChI is InChI=1S/C10H19NO3/c1-3-5-11-6-4-9(12)8(7-11)10(13)14-2/h8-9,12H,3-7H2,1-2H3/t8-,9-/m0/s1. The van der Waals surface area contributed by atoms with Crippen molar-refractivity contribution < 1.29 is 14.6 Å². The van der Waals surface area contributed by atoms with Crippen LogP contribution in [0.15, 0.2) is 0 Å². The zero-order chi connectivity index (χ0) is 10.6. The van der Waals surface area contributed by atoms with E-state index in [-0.39, 0.29) is 11.9 Å². The van der Waals surface area contributed by atoms with Gasteiger partial charge in [0.15, 0.2) is 0 Å². The van der Waals surface area contributed by atoms with Crippen molar-refractivity contribution in [3.8, 4) is 0 Å². The van der Waals surface area contributed by atoms with Crippen LogP contribution in [0.3, 0.4) is 0 Å². The topological polar surface area (TPSA) is 49.8 Å². The van der Waals surface area contributed by atoms with Crippen LogP contribution >= 0.6 is 0 Å². The summed E-state index contributed by atoms with van der Waals surface area (Å²) >= 11 is 0. The van der Waals surface area contributed by atoms with Gasteiger partial charge in [-0.3, -0.25) is 4.79 Å². The minimum absolute atomic E-state index is 0.293. The predicted molar refractivity (Wildman–Crippen MR) is 52.9 cm³/mol. The van der Waals surface area contributed by atoms with Crippen molar-refractivity contribution in [1.82, 2.24) is 4.90 Å². The molecule has 1 saturated heterocycles. The van der Waals surface area contributed by atoms with E-state index in [0.717, 1.165) is 19.5 Å². The maximum Gasteiger partial charge on any atom is 0.312 e. The summed E-state index contributed by atoms with van der Waals surface area (Å²) in [6.07, 6.45) is 1.21. The molecule has 0 saturated carbocycles. The highest BCUT2D eigenvalue weighted by Gasteiger charge is 2.33. The smallest absolute Gasteiger partial charge is 0.312 e. The van der Waals surface area contributed by atoms with Crippen molar-refractivity contribution in [2.75, 3.05) is 26.7 Å². The SMILES string of the molecule is CCCN1CC[C@H](O)[C@@H](C(=O)OC)C1. The van der Waals surface area contributed by atoms with E-state index in [1.807, 2.05) is 0 Å². The molecule has 0 aliphatic carbocycles. The molecule has 0 bridgehead atoms. The Kier molecular flexibility index (Phi) is 4.35. The lowest BCUT2D eigenvalue weighted by atomic mass is 9.95. The number of carbonyl (C=O) groups excluding carboxylic acids is 1.